The SMILES string of the molecule is Cc1cccc(C)c1NC(=O)[C@@H](C)OC(=O)c1cc2ccccc2o1. The first-order valence-electron chi connectivity index (χ1n) is 8.02. The minimum absolute atomic E-state index is 0.0768. The zero-order valence-electron chi connectivity index (χ0n) is 14.3. The van der Waals surface area contributed by atoms with Crippen LogP contribution < -0.4 is 5.32 Å². The predicted octanol–water partition coefficient (Wildman–Crippen LogP) is 4.23. The number of esters is 1. The topological polar surface area (TPSA) is 68.5 Å². The first-order chi connectivity index (χ1) is 12.0. The van der Waals surface area contributed by atoms with E-state index in [4.69, 9.17) is 9.15 Å². The number of carbonyl (C=O) groups excluding carboxylic acids is 2. The maximum absolute atomic E-state index is 12.3. The summed E-state index contributed by atoms with van der Waals surface area (Å²) >= 11 is 0. The summed E-state index contributed by atoms with van der Waals surface area (Å²) in [5.41, 5.74) is 3.23. The van der Waals surface area contributed by atoms with Gasteiger partial charge in [-0.2, -0.15) is 0 Å². The van der Waals surface area contributed by atoms with Crippen LogP contribution in [0.4, 0.5) is 5.69 Å². The Kier molecular flexibility index (Phi) is 4.57. The van der Waals surface area contributed by atoms with Crippen LogP contribution in [0.25, 0.3) is 11.0 Å². The highest BCUT2D eigenvalue weighted by Gasteiger charge is 2.22. The number of carbonyl (C=O) groups is 2. The fourth-order valence-electron chi connectivity index (χ4n) is 2.59. The molecule has 0 spiro atoms. The van der Waals surface area contributed by atoms with Gasteiger partial charge in [0.2, 0.25) is 5.76 Å². The van der Waals surface area contributed by atoms with Crippen LogP contribution in [0.5, 0.6) is 0 Å². The van der Waals surface area contributed by atoms with Gasteiger partial charge in [0, 0.05) is 11.1 Å². The van der Waals surface area contributed by atoms with Gasteiger partial charge in [-0.15, -0.1) is 0 Å². The van der Waals surface area contributed by atoms with Crippen LogP contribution >= 0.6 is 0 Å². The maximum atomic E-state index is 12.3. The van der Waals surface area contributed by atoms with Gasteiger partial charge in [0.15, 0.2) is 6.10 Å². The Morgan fingerprint density at radius 1 is 1.04 bits per heavy atom. The normalized spacial score (nSPS) is 12.0. The summed E-state index contributed by atoms with van der Waals surface area (Å²) in [5, 5.41) is 3.62. The Labute approximate surface area is 145 Å². The number of furan rings is 1. The van der Waals surface area contributed by atoms with E-state index in [0.717, 1.165) is 22.2 Å². The Bertz CT molecular complexity index is 889. The fraction of sp³-hybridized carbons (Fsp3) is 0.200. The van der Waals surface area contributed by atoms with Crippen LogP contribution in [0, 0.1) is 13.8 Å². The summed E-state index contributed by atoms with van der Waals surface area (Å²) in [7, 11) is 0. The molecule has 5 nitrogen and oxygen atoms in total. The lowest BCUT2D eigenvalue weighted by atomic mass is 10.1. The van der Waals surface area contributed by atoms with Crippen molar-refractivity contribution in [3.05, 3.63) is 65.4 Å². The molecule has 0 unspecified atom stereocenters. The molecule has 0 saturated heterocycles. The van der Waals surface area contributed by atoms with Crippen molar-refractivity contribution in [3.8, 4) is 0 Å². The molecule has 1 aromatic heterocycles. The van der Waals surface area contributed by atoms with Gasteiger partial charge >= 0.3 is 5.97 Å². The highest BCUT2D eigenvalue weighted by molar-refractivity contribution is 5.98. The van der Waals surface area contributed by atoms with Crippen LogP contribution in [0.2, 0.25) is 0 Å². The van der Waals surface area contributed by atoms with Gasteiger partial charge in [0.05, 0.1) is 0 Å². The third kappa shape index (κ3) is 3.55. The lowest BCUT2D eigenvalue weighted by Gasteiger charge is -2.15. The third-order valence-electron chi connectivity index (χ3n) is 4.01. The lowest BCUT2D eigenvalue weighted by Crippen LogP contribution is -2.30. The van der Waals surface area contributed by atoms with E-state index >= 15 is 0 Å². The highest BCUT2D eigenvalue weighted by atomic mass is 16.6. The zero-order valence-corrected chi connectivity index (χ0v) is 14.3. The second-order valence-corrected chi connectivity index (χ2v) is 5.95. The molecule has 0 aliphatic rings. The second kappa shape index (κ2) is 6.81. The number of rotatable bonds is 4. The largest absolute Gasteiger partial charge is 0.449 e. The van der Waals surface area contributed by atoms with Crippen LogP contribution in [-0.2, 0) is 9.53 Å². The average Bonchev–Trinajstić information content (AvgIpc) is 3.02. The Hall–Kier alpha value is -3.08. The van der Waals surface area contributed by atoms with E-state index in [1.165, 1.54) is 6.92 Å². The number of benzene rings is 2. The molecule has 0 saturated carbocycles. The van der Waals surface area contributed by atoms with Crippen LogP contribution in [0.15, 0.2) is 52.9 Å². The first kappa shape index (κ1) is 16.8. The van der Waals surface area contributed by atoms with Gasteiger partial charge < -0.3 is 14.5 Å². The lowest BCUT2D eigenvalue weighted by molar-refractivity contribution is -0.123. The number of ether oxygens (including phenoxy) is 1. The molecule has 25 heavy (non-hydrogen) atoms. The molecular formula is C20H19NO4. The number of hydrogen-bond donors (Lipinski definition) is 1. The minimum Gasteiger partial charge on any atom is -0.449 e. The molecule has 3 rings (SSSR count). The van der Waals surface area contributed by atoms with Gasteiger partial charge in [0.1, 0.15) is 5.58 Å². The maximum Gasteiger partial charge on any atom is 0.375 e. The molecule has 1 heterocycles. The summed E-state index contributed by atoms with van der Waals surface area (Å²) in [6.45, 7) is 5.35. The molecule has 5 heteroatoms. The van der Waals surface area contributed by atoms with E-state index in [1.54, 1.807) is 12.1 Å². The molecule has 0 bridgehead atoms. The van der Waals surface area contributed by atoms with Crippen LogP contribution in [-0.4, -0.2) is 18.0 Å². The van der Waals surface area contributed by atoms with E-state index in [9.17, 15) is 9.59 Å². The predicted molar refractivity (Wildman–Crippen MR) is 95.6 cm³/mol. The van der Waals surface area contributed by atoms with Gasteiger partial charge in [-0.3, -0.25) is 4.79 Å². The van der Waals surface area contributed by atoms with Crippen LogP contribution in [0.3, 0.4) is 0 Å². The third-order valence-corrected chi connectivity index (χ3v) is 4.01. The van der Waals surface area contributed by atoms with Gasteiger partial charge in [-0.05, 0) is 44.0 Å². The number of fused-ring (bicyclic) bond motifs is 1. The quantitative estimate of drug-likeness (QED) is 0.723. The smallest absolute Gasteiger partial charge is 0.375 e. The monoisotopic (exact) mass is 337 g/mol. The molecular weight excluding hydrogens is 318 g/mol. The molecule has 128 valence electrons. The molecule has 1 amide bonds. The number of anilines is 1. The standard InChI is InChI=1S/C20H19NO4/c1-12-7-6-8-13(2)18(12)21-19(22)14(3)24-20(23)17-11-15-9-4-5-10-16(15)25-17/h4-11,14H,1-3H3,(H,21,22)/t14-/m1/s1. The fourth-order valence-corrected chi connectivity index (χ4v) is 2.59. The van der Waals surface area contributed by atoms with Gasteiger partial charge in [-0.25, -0.2) is 4.79 Å². The van der Waals surface area contributed by atoms with Gasteiger partial charge in [-0.1, -0.05) is 36.4 Å². The van der Waals surface area contributed by atoms with E-state index in [1.807, 2.05) is 50.2 Å². The van der Waals surface area contributed by atoms with Crippen molar-refractivity contribution in [1.29, 1.82) is 0 Å². The molecule has 3 aromatic rings. The van der Waals surface area contributed by atoms with Gasteiger partial charge in [0.25, 0.3) is 5.91 Å². The first-order valence-corrected chi connectivity index (χ1v) is 8.02. The van der Waals surface area contributed by atoms with E-state index in [0.29, 0.717) is 5.58 Å². The average molecular weight is 337 g/mol. The number of amides is 1. The molecule has 2 aromatic carbocycles. The molecule has 0 radical (unpaired) electrons. The molecule has 0 aliphatic heterocycles. The zero-order chi connectivity index (χ0) is 18.0. The highest BCUT2D eigenvalue weighted by Crippen LogP contribution is 2.21. The summed E-state index contributed by atoms with van der Waals surface area (Å²) in [4.78, 5) is 24.6. The van der Waals surface area contributed by atoms with Crippen molar-refractivity contribution in [1.82, 2.24) is 0 Å². The number of nitrogens with one attached hydrogen (secondary N) is 1. The number of para-hydroxylation sites is 2. The Morgan fingerprint density at radius 2 is 1.72 bits per heavy atom. The second-order valence-electron chi connectivity index (χ2n) is 5.95. The van der Waals surface area contributed by atoms with E-state index < -0.39 is 12.1 Å². The molecule has 1 N–H and O–H groups in total. The molecule has 0 aliphatic carbocycles. The number of aryl methyl sites for hydroxylation is 2. The number of hydrogen-bond acceptors (Lipinski definition) is 4. The summed E-state index contributed by atoms with van der Waals surface area (Å²) < 4.78 is 10.7. The van der Waals surface area contributed by atoms with Crippen molar-refractivity contribution in [3.63, 3.8) is 0 Å². The Balaban J connectivity index is 1.69. The van der Waals surface area contributed by atoms with Crippen molar-refractivity contribution in [2.45, 2.75) is 26.9 Å². The summed E-state index contributed by atoms with van der Waals surface area (Å²) in [6, 6.07) is 14.6. The van der Waals surface area contributed by atoms with Crippen molar-refractivity contribution in [2.24, 2.45) is 0 Å². The summed E-state index contributed by atoms with van der Waals surface area (Å²) in [6.07, 6.45) is -0.945. The molecule has 1 atom stereocenters. The van der Waals surface area contributed by atoms with E-state index in [-0.39, 0.29) is 11.7 Å². The molecule has 0 fully saturated rings. The van der Waals surface area contributed by atoms with E-state index in [2.05, 4.69) is 5.32 Å². The van der Waals surface area contributed by atoms with Crippen LogP contribution in [0.1, 0.15) is 28.6 Å². The van der Waals surface area contributed by atoms with Crippen molar-refractivity contribution >= 4 is 28.5 Å². The summed E-state index contributed by atoms with van der Waals surface area (Å²) in [5.74, 6) is -0.977. The van der Waals surface area contributed by atoms with Crippen molar-refractivity contribution in [2.75, 3.05) is 5.32 Å². The van der Waals surface area contributed by atoms with Crippen molar-refractivity contribution < 1.29 is 18.7 Å². The minimum atomic E-state index is -0.945. The Morgan fingerprint density at radius 3 is 2.40 bits per heavy atom.